The van der Waals surface area contributed by atoms with Crippen molar-refractivity contribution < 1.29 is 9.84 Å². The molecule has 4 heteroatoms. The minimum atomic E-state index is -0.444. The zero-order valence-corrected chi connectivity index (χ0v) is 12.8. The minimum absolute atomic E-state index is 0.423. The van der Waals surface area contributed by atoms with Crippen molar-refractivity contribution in [3.63, 3.8) is 0 Å². The molecule has 1 fully saturated rings. The molecule has 2 rings (SSSR count). The van der Waals surface area contributed by atoms with Crippen molar-refractivity contribution in [1.82, 2.24) is 0 Å². The lowest BCUT2D eigenvalue weighted by Gasteiger charge is -2.15. The molecule has 0 aromatic heterocycles. The fourth-order valence-corrected chi connectivity index (χ4v) is 2.22. The molecule has 0 amide bonds. The highest BCUT2D eigenvalue weighted by Crippen LogP contribution is 2.28. The average Bonchev–Trinajstić information content (AvgIpc) is 3.14. The number of rotatable bonds is 7. The summed E-state index contributed by atoms with van der Waals surface area (Å²) in [6, 6.07) is 6.25. The van der Waals surface area contributed by atoms with Crippen molar-refractivity contribution in [3.8, 4) is 0 Å². The largest absolute Gasteiger partial charge is 0.389 e. The lowest BCUT2D eigenvalue weighted by Crippen LogP contribution is -2.25. The molecule has 0 radical (unpaired) electrons. The van der Waals surface area contributed by atoms with Gasteiger partial charge in [0.25, 0.3) is 0 Å². The van der Waals surface area contributed by atoms with Gasteiger partial charge in [0.2, 0.25) is 0 Å². The number of nitrogens with one attached hydrogen (secondary N) is 1. The monoisotopic (exact) mass is 361 g/mol. The molecule has 18 heavy (non-hydrogen) atoms. The summed E-state index contributed by atoms with van der Waals surface area (Å²) >= 11 is 2.29. The predicted molar refractivity (Wildman–Crippen MR) is 81.9 cm³/mol. The van der Waals surface area contributed by atoms with Gasteiger partial charge < -0.3 is 15.2 Å². The van der Waals surface area contributed by atoms with Crippen molar-refractivity contribution in [1.29, 1.82) is 0 Å². The highest BCUT2D eigenvalue weighted by atomic mass is 127. The van der Waals surface area contributed by atoms with E-state index in [4.69, 9.17) is 4.74 Å². The molecular formula is C14H20INO2. The number of anilines is 1. The van der Waals surface area contributed by atoms with Gasteiger partial charge in [-0.25, -0.2) is 0 Å². The number of halogens is 1. The first kappa shape index (κ1) is 14.1. The van der Waals surface area contributed by atoms with Gasteiger partial charge in [-0.1, -0.05) is 6.07 Å². The maximum absolute atomic E-state index is 9.81. The Labute approximate surface area is 122 Å². The first-order valence-electron chi connectivity index (χ1n) is 6.41. The van der Waals surface area contributed by atoms with Crippen molar-refractivity contribution >= 4 is 28.3 Å². The molecule has 1 aliphatic rings. The van der Waals surface area contributed by atoms with Crippen LogP contribution in [-0.2, 0) is 4.74 Å². The minimum Gasteiger partial charge on any atom is -0.389 e. The number of ether oxygens (including phenoxy) is 1. The first-order chi connectivity index (χ1) is 8.65. The van der Waals surface area contributed by atoms with Crippen LogP contribution in [0, 0.1) is 16.4 Å². The summed E-state index contributed by atoms with van der Waals surface area (Å²) in [5.41, 5.74) is 2.28. The summed E-state index contributed by atoms with van der Waals surface area (Å²) in [6.07, 6.45) is 2.13. The van der Waals surface area contributed by atoms with Gasteiger partial charge in [-0.2, -0.15) is 0 Å². The van der Waals surface area contributed by atoms with E-state index in [9.17, 15) is 5.11 Å². The summed E-state index contributed by atoms with van der Waals surface area (Å²) in [4.78, 5) is 0. The second-order valence-electron chi connectivity index (χ2n) is 4.97. The molecule has 0 spiro atoms. The predicted octanol–water partition coefficient (Wildman–Crippen LogP) is 2.80. The third-order valence-electron chi connectivity index (χ3n) is 3.09. The van der Waals surface area contributed by atoms with E-state index < -0.39 is 6.10 Å². The molecule has 1 unspecified atom stereocenters. The third kappa shape index (κ3) is 4.74. The van der Waals surface area contributed by atoms with Gasteiger partial charge in [0.15, 0.2) is 0 Å². The van der Waals surface area contributed by atoms with Crippen molar-refractivity contribution in [2.45, 2.75) is 25.9 Å². The van der Waals surface area contributed by atoms with Gasteiger partial charge in [0.05, 0.1) is 12.7 Å². The fraction of sp³-hybridized carbons (Fsp3) is 0.571. The standard InChI is InChI=1S/C14H20INO2/c1-10-2-5-12(15)6-14(10)16-7-13(17)9-18-8-11-3-4-11/h2,5-6,11,13,16-17H,3-4,7-9H2,1H3. The number of aryl methyl sites for hydroxylation is 1. The Balaban J connectivity index is 1.70. The van der Waals surface area contributed by atoms with Gasteiger partial charge in [-0.05, 0) is 66.0 Å². The lowest BCUT2D eigenvalue weighted by atomic mass is 10.2. The van der Waals surface area contributed by atoms with Gasteiger partial charge in [-0.15, -0.1) is 0 Å². The van der Waals surface area contributed by atoms with Crippen LogP contribution in [0.1, 0.15) is 18.4 Å². The number of aliphatic hydroxyl groups excluding tert-OH is 1. The van der Waals surface area contributed by atoms with Crippen LogP contribution in [0.25, 0.3) is 0 Å². The van der Waals surface area contributed by atoms with Gasteiger partial charge in [0.1, 0.15) is 0 Å². The summed E-state index contributed by atoms with van der Waals surface area (Å²) in [5, 5.41) is 13.1. The van der Waals surface area contributed by atoms with E-state index in [1.54, 1.807) is 0 Å². The average molecular weight is 361 g/mol. The summed E-state index contributed by atoms with van der Waals surface area (Å²) in [5.74, 6) is 0.753. The van der Waals surface area contributed by atoms with Crippen LogP contribution in [0.15, 0.2) is 18.2 Å². The molecule has 1 saturated carbocycles. The van der Waals surface area contributed by atoms with E-state index in [1.807, 2.05) is 0 Å². The third-order valence-corrected chi connectivity index (χ3v) is 3.76. The van der Waals surface area contributed by atoms with Crippen LogP contribution in [0.4, 0.5) is 5.69 Å². The zero-order valence-electron chi connectivity index (χ0n) is 10.7. The number of aliphatic hydroxyl groups is 1. The van der Waals surface area contributed by atoms with Crippen LogP contribution in [0.3, 0.4) is 0 Å². The van der Waals surface area contributed by atoms with Gasteiger partial charge in [0, 0.05) is 22.4 Å². The normalized spacial score (nSPS) is 16.6. The Hall–Kier alpha value is -0.330. The molecule has 1 aromatic rings. The van der Waals surface area contributed by atoms with Crippen LogP contribution in [0.5, 0.6) is 0 Å². The molecule has 0 aliphatic heterocycles. The molecule has 1 aromatic carbocycles. The van der Waals surface area contributed by atoms with Crippen molar-refractivity contribution in [3.05, 3.63) is 27.3 Å². The molecule has 1 atom stereocenters. The van der Waals surface area contributed by atoms with E-state index in [-0.39, 0.29) is 0 Å². The fourth-order valence-electron chi connectivity index (χ4n) is 1.73. The molecule has 100 valence electrons. The zero-order chi connectivity index (χ0) is 13.0. The van der Waals surface area contributed by atoms with E-state index in [2.05, 4.69) is 53.0 Å². The summed E-state index contributed by atoms with van der Waals surface area (Å²) in [7, 11) is 0. The van der Waals surface area contributed by atoms with Crippen LogP contribution in [-0.4, -0.2) is 31.0 Å². The van der Waals surface area contributed by atoms with E-state index in [0.29, 0.717) is 13.2 Å². The highest BCUT2D eigenvalue weighted by Gasteiger charge is 2.21. The molecule has 1 aliphatic carbocycles. The molecule has 2 N–H and O–H groups in total. The highest BCUT2D eigenvalue weighted by molar-refractivity contribution is 14.1. The number of benzene rings is 1. The maximum Gasteiger partial charge on any atom is 0.0945 e. The Morgan fingerprint density at radius 2 is 2.28 bits per heavy atom. The van der Waals surface area contributed by atoms with Crippen molar-refractivity contribution in [2.75, 3.05) is 25.1 Å². The number of hydrogen-bond acceptors (Lipinski definition) is 3. The molecule has 0 saturated heterocycles. The SMILES string of the molecule is Cc1ccc(I)cc1NCC(O)COCC1CC1. The maximum atomic E-state index is 9.81. The Morgan fingerprint density at radius 3 is 3.00 bits per heavy atom. The van der Waals surface area contributed by atoms with E-state index in [1.165, 1.54) is 22.0 Å². The molecule has 3 nitrogen and oxygen atoms in total. The van der Waals surface area contributed by atoms with E-state index in [0.717, 1.165) is 18.2 Å². The number of hydrogen-bond donors (Lipinski definition) is 2. The molecular weight excluding hydrogens is 341 g/mol. The molecule has 0 heterocycles. The van der Waals surface area contributed by atoms with Crippen LogP contribution in [0.2, 0.25) is 0 Å². The second kappa shape index (κ2) is 6.73. The van der Waals surface area contributed by atoms with Gasteiger partial charge in [-0.3, -0.25) is 0 Å². The van der Waals surface area contributed by atoms with Crippen molar-refractivity contribution in [2.24, 2.45) is 5.92 Å². The summed E-state index contributed by atoms with van der Waals surface area (Å²) in [6.45, 7) is 3.83. The topological polar surface area (TPSA) is 41.5 Å². The van der Waals surface area contributed by atoms with Crippen LogP contribution < -0.4 is 5.32 Å². The van der Waals surface area contributed by atoms with Crippen LogP contribution >= 0.6 is 22.6 Å². The Morgan fingerprint density at radius 1 is 1.50 bits per heavy atom. The Bertz CT molecular complexity index is 393. The molecule has 0 bridgehead atoms. The lowest BCUT2D eigenvalue weighted by molar-refractivity contribution is 0.0386. The van der Waals surface area contributed by atoms with E-state index >= 15 is 0 Å². The Kier molecular flexibility index (Phi) is 5.26. The second-order valence-corrected chi connectivity index (χ2v) is 6.22. The smallest absolute Gasteiger partial charge is 0.0945 e. The quantitative estimate of drug-likeness (QED) is 0.734. The summed E-state index contributed by atoms with van der Waals surface area (Å²) < 4.78 is 6.66. The first-order valence-corrected chi connectivity index (χ1v) is 7.49. The van der Waals surface area contributed by atoms with Gasteiger partial charge >= 0.3 is 0 Å².